The maximum Gasteiger partial charge on any atom is 0.306 e. The highest BCUT2D eigenvalue weighted by molar-refractivity contribution is 5.70. The maximum absolute atomic E-state index is 11.2. The molecule has 2 heteroatoms. The van der Waals surface area contributed by atoms with E-state index in [4.69, 9.17) is 0 Å². The molecule has 0 aromatic rings. The molecule has 0 aliphatic heterocycles. The zero-order valence-electron chi connectivity index (χ0n) is 12.9. The van der Waals surface area contributed by atoms with Gasteiger partial charge in [-0.05, 0) is 74.5 Å². The summed E-state index contributed by atoms with van der Waals surface area (Å²) < 4.78 is 0. The van der Waals surface area contributed by atoms with Gasteiger partial charge in [0.1, 0.15) is 0 Å². The Hall–Kier alpha value is -0.530. The highest BCUT2D eigenvalue weighted by atomic mass is 16.4. The first-order valence-electron chi connectivity index (χ1n) is 8.91. The Bertz CT molecular complexity index is 351. The predicted molar refractivity (Wildman–Crippen MR) is 80.4 cm³/mol. The van der Waals surface area contributed by atoms with Crippen molar-refractivity contribution in [1.29, 1.82) is 0 Å². The highest BCUT2D eigenvalue weighted by Crippen LogP contribution is 2.53. The Balaban J connectivity index is 1.62. The van der Waals surface area contributed by atoms with Crippen LogP contribution in [0.25, 0.3) is 0 Å². The lowest BCUT2D eigenvalue weighted by Crippen LogP contribution is -2.42. The normalized spacial score (nSPS) is 44.5. The molecule has 3 unspecified atom stereocenters. The van der Waals surface area contributed by atoms with E-state index < -0.39 is 5.97 Å². The Morgan fingerprint density at radius 1 is 0.950 bits per heavy atom. The van der Waals surface area contributed by atoms with E-state index >= 15 is 0 Å². The number of carboxylic acid groups (broad SMARTS) is 1. The Labute approximate surface area is 123 Å². The zero-order chi connectivity index (χ0) is 14.1. The average Bonchev–Trinajstić information content (AvgIpc) is 2.46. The monoisotopic (exact) mass is 278 g/mol. The van der Waals surface area contributed by atoms with Crippen LogP contribution in [0.4, 0.5) is 0 Å². The van der Waals surface area contributed by atoms with Crippen molar-refractivity contribution in [1.82, 2.24) is 0 Å². The average molecular weight is 278 g/mol. The molecule has 3 rings (SSSR count). The summed E-state index contributed by atoms with van der Waals surface area (Å²) in [7, 11) is 0. The highest BCUT2D eigenvalue weighted by Gasteiger charge is 2.45. The second kappa shape index (κ2) is 6.07. The number of carboxylic acids is 1. The fourth-order valence-corrected chi connectivity index (χ4v) is 5.79. The van der Waals surface area contributed by atoms with Gasteiger partial charge >= 0.3 is 5.97 Å². The van der Waals surface area contributed by atoms with Gasteiger partial charge in [-0.2, -0.15) is 0 Å². The number of fused-ring (bicyclic) bond motifs is 3. The summed E-state index contributed by atoms with van der Waals surface area (Å²) in [6.45, 7) is 2.32. The zero-order valence-corrected chi connectivity index (χ0v) is 12.9. The van der Waals surface area contributed by atoms with E-state index in [-0.39, 0.29) is 5.92 Å². The molecule has 3 saturated carbocycles. The molecule has 3 aliphatic carbocycles. The Morgan fingerprint density at radius 2 is 1.60 bits per heavy atom. The molecule has 20 heavy (non-hydrogen) atoms. The first-order valence-corrected chi connectivity index (χ1v) is 8.91. The van der Waals surface area contributed by atoms with Crippen LogP contribution in [0.5, 0.6) is 0 Å². The van der Waals surface area contributed by atoms with Gasteiger partial charge in [0.2, 0.25) is 0 Å². The molecule has 6 atom stereocenters. The van der Waals surface area contributed by atoms with Crippen LogP contribution in [0.2, 0.25) is 0 Å². The number of hydrogen-bond acceptors (Lipinski definition) is 1. The number of rotatable bonds is 3. The molecule has 3 fully saturated rings. The van der Waals surface area contributed by atoms with Gasteiger partial charge < -0.3 is 5.11 Å². The van der Waals surface area contributed by atoms with Gasteiger partial charge in [0.05, 0.1) is 5.92 Å². The van der Waals surface area contributed by atoms with E-state index in [2.05, 4.69) is 6.92 Å². The first-order chi connectivity index (χ1) is 9.69. The lowest BCUT2D eigenvalue weighted by atomic mass is 9.55. The first kappa shape index (κ1) is 14.4. The fraction of sp³-hybridized carbons (Fsp3) is 0.944. The fourth-order valence-electron chi connectivity index (χ4n) is 5.79. The molecule has 0 heterocycles. The van der Waals surface area contributed by atoms with Gasteiger partial charge in [-0.15, -0.1) is 0 Å². The van der Waals surface area contributed by atoms with Crippen molar-refractivity contribution in [2.45, 2.75) is 71.1 Å². The molecule has 114 valence electrons. The molecule has 0 bridgehead atoms. The second-order valence-electron chi connectivity index (χ2n) is 7.74. The lowest BCUT2D eigenvalue weighted by molar-refractivity contribution is -0.145. The summed E-state index contributed by atoms with van der Waals surface area (Å²) in [5, 5.41) is 9.25. The molecule has 1 N–H and O–H groups in total. The number of aliphatic carboxylic acids is 1. The van der Waals surface area contributed by atoms with Crippen molar-refractivity contribution >= 4 is 5.97 Å². The predicted octanol–water partition coefficient (Wildman–Crippen LogP) is 4.73. The van der Waals surface area contributed by atoms with Gasteiger partial charge in [-0.1, -0.05) is 26.2 Å². The molecule has 0 aromatic carbocycles. The summed E-state index contributed by atoms with van der Waals surface area (Å²) in [5.41, 5.74) is 0. The molecule has 0 saturated heterocycles. The van der Waals surface area contributed by atoms with Crippen molar-refractivity contribution in [2.75, 3.05) is 0 Å². The molecule has 0 amide bonds. The summed E-state index contributed by atoms with van der Waals surface area (Å²) in [6, 6.07) is 0. The van der Waals surface area contributed by atoms with Crippen LogP contribution >= 0.6 is 0 Å². The quantitative estimate of drug-likeness (QED) is 0.810. The van der Waals surface area contributed by atoms with Crippen molar-refractivity contribution in [3.8, 4) is 0 Å². The van der Waals surface area contributed by atoms with Gasteiger partial charge in [0.25, 0.3) is 0 Å². The number of hydrogen-bond donors (Lipinski definition) is 1. The van der Waals surface area contributed by atoms with Gasteiger partial charge in [0.15, 0.2) is 0 Å². The summed E-state index contributed by atoms with van der Waals surface area (Å²) >= 11 is 0. The smallest absolute Gasteiger partial charge is 0.306 e. The van der Waals surface area contributed by atoms with Crippen molar-refractivity contribution < 1.29 is 9.90 Å². The van der Waals surface area contributed by atoms with Crippen LogP contribution in [0.15, 0.2) is 0 Å². The van der Waals surface area contributed by atoms with E-state index in [1.165, 1.54) is 51.4 Å². The van der Waals surface area contributed by atoms with E-state index in [1.807, 2.05) is 0 Å². The summed E-state index contributed by atoms with van der Waals surface area (Å²) in [4.78, 5) is 11.2. The lowest BCUT2D eigenvalue weighted by Gasteiger charge is -2.50. The molecule has 3 aliphatic rings. The summed E-state index contributed by atoms with van der Waals surface area (Å²) in [5.74, 6) is 3.93. The maximum atomic E-state index is 11.2. The molecule has 2 nitrogen and oxygen atoms in total. The van der Waals surface area contributed by atoms with Crippen molar-refractivity contribution in [2.24, 2.45) is 35.5 Å². The van der Waals surface area contributed by atoms with Gasteiger partial charge in [0, 0.05) is 0 Å². The SMILES string of the molecule is CCCC1CCC2C(CC[C@@H]3C[C@H](C(=O)O)CC[C@H]23)C1. The summed E-state index contributed by atoms with van der Waals surface area (Å²) in [6.07, 6.45) is 12.9. The van der Waals surface area contributed by atoms with Crippen LogP contribution in [-0.4, -0.2) is 11.1 Å². The van der Waals surface area contributed by atoms with E-state index in [0.29, 0.717) is 0 Å². The topological polar surface area (TPSA) is 37.3 Å². The minimum absolute atomic E-state index is 0.0377. The number of carbonyl (C=O) groups is 1. The minimum atomic E-state index is -0.544. The molecular formula is C18H30O2. The van der Waals surface area contributed by atoms with E-state index in [1.54, 1.807) is 0 Å². The Morgan fingerprint density at radius 3 is 2.25 bits per heavy atom. The van der Waals surface area contributed by atoms with E-state index in [0.717, 1.165) is 42.4 Å². The van der Waals surface area contributed by atoms with Crippen LogP contribution in [0, 0.1) is 35.5 Å². The molecule has 0 aromatic heterocycles. The minimum Gasteiger partial charge on any atom is -0.481 e. The largest absolute Gasteiger partial charge is 0.481 e. The van der Waals surface area contributed by atoms with Crippen molar-refractivity contribution in [3.05, 3.63) is 0 Å². The van der Waals surface area contributed by atoms with Crippen LogP contribution in [-0.2, 0) is 4.79 Å². The standard InChI is InChI=1S/C18H30O2/c1-2-3-12-4-8-16-13(10-12)5-6-14-11-15(18(19)20)7-9-17(14)16/h12-17H,2-11H2,1H3,(H,19,20)/t12?,13?,14-,15-,16?,17+/m1/s1. The van der Waals surface area contributed by atoms with Gasteiger partial charge in [-0.3, -0.25) is 4.79 Å². The van der Waals surface area contributed by atoms with E-state index in [9.17, 15) is 9.90 Å². The third-order valence-corrected chi connectivity index (χ3v) is 6.70. The molecule has 0 radical (unpaired) electrons. The van der Waals surface area contributed by atoms with Crippen LogP contribution in [0.3, 0.4) is 0 Å². The van der Waals surface area contributed by atoms with Crippen LogP contribution < -0.4 is 0 Å². The second-order valence-corrected chi connectivity index (χ2v) is 7.74. The third-order valence-electron chi connectivity index (χ3n) is 6.70. The molecule has 0 spiro atoms. The Kier molecular flexibility index (Phi) is 4.37. The third kappa shape index (κ3) is 2.76. The van der Waals surface area contributed by atoms with Crippen molar-refractivity contribution in [3.63, 3.8) is 0 Å². The molecular weight excluding hydrogens is 248 g/mol. The van der Waals surface area contributed by atoms with Gasteiger partial charge in [-0.25, -0.2) is 0 Å². The van der Waals surface area contributed by atoms with Crippen LogP contribution in [0.1, 0.15) is 71.1 Å².